The SMILES string of the molecule is CC1(C)C2OCCC2C1(N)C(=O)N(CCO)C1CCCC1. The molecule has 2 saturated carbocycles. The highest BCUT2D eigenvalue weighted by molar-refractivity contribution is 5.90. The van der Waals surface area contributed by atoms with Gasteiger partial charge in [-0.25, -0.2) is 0 Å². The highest BCUT2D eigenvalue weighted by atomic mass is 16.5. The predicted octanol–water partition coefficient (Wildman–Crippen LogP) is 0.892. The van der Waals surface area contributed by atoms with Crippen LogP contribution in [0.5, 0.6) is 0 Å². The minimum absolute atomic E-state index is 0.00332. The molecule has 3 fully saturated rings. The molecule has 0 aromatic carbocycles. The molecule has 3 aliphatic rings. The van der Waals surface area contributed by atoms with E-state index in [2.05, 4.69) is 0 Å². The number of hydrogen-bond acceptors (Lipinski definition) is 4. The predicted molar refractivity (Wildman–Crippen MR) is 79.6 cm³/mol. The van der Waals surface area contributed by atoms with Crippen LogP contribution in [0, 0.1) is 11.3 Å². The Bertz CT molecular complexity index is 420. The molecule has 3 atom stereocenters. The highest BCUT2D eigenvalue weighted by Gasteiger charge is 2.72. The van der Waals surface area contributed by atoms with Crippen LogP contribution >= 0.6 is 0 Å². The molecule has 1 saturated heterocycles. The lowest BCUT2D eigenvalue weighted by Crippen LogP contribution is -2.80. The van der Waals surface area contributed by atoms with Gasteiger partial charge >= 0.3 is 0 Å². The van der Waals surface area contributed by atoms with Crippen molar-refractivity contribution in [2.24, 2.45) is 17.1 Å². The van der Waals surface area contributed by atoms with E-state index in [4.69, 9.17) is 10.5 Å². The van der Waals surface area contributed by atoms with Gasteiger partial charge in [0.1, 0.15) is 5.54 Å². The number of nitrogens with zero attached hydrogens (tertiary/aromatic N) is 1. The van der Waals surface area contributed by atoms with Crippen LogP contribution in [0.1, 0.15) is 46.0 Å². The zero-order valence-corrected chi connectivity index (χ0v) is 13.2. The summed E-state index contributed by atoms with van der Waals surface area (Å²) in [7, 11) is 0. The average Bonchev–Trinajstić information content (AvgIpc) is 3.12. The lowest BCUT2D eigenvalue weighted by molar-refractivity contribution is -0.186. The van der Waals surface area contributed by atoms with Crippen molar-refractivity contribution in [3.8, 4) is 0 Å². The first kappa shape index (κ1) is 15.3. The van der Waals surface area contributed by atoms with E-state index in [1.54, 1.807) is 0 Å². The second-order valence-corrected chi connectivity index (χ2v) is 7.44. The van der Waals surface area contributed by atoms with Gasteiger partial charge in [0.15, 0.2) is 0 Å². The Balaban J connectivity index is 1.84. The van der Waals surface area contributed by atoms with Crippen molar-refractivity contribution in [2.45, 2.75) is 63.6 Å². The third-order valence-electron chi connectivity index (χ3n) is 6.18. The molecule has 5 nitrogen and oxygen atoms in total. The van der Waals surface area contributed by atoms with E-state index in [-0.39, 0.29) is 36.0 Å². The fraction of sp³-hybridized carbons (Fsp3) is 0.938. The van der Waals surface area contributed by atoms with E-state index in [1.165, 1.54) is 0 Å². The van der Waals surface area contributed by atoms with Crippen LogP contribution in [-0.4, -0.2) is 53.4 Å². The Kier molecular flexibility index (Phi) is 3.79. The van der Waals surface area contributed by atoms with Gasteiger partial charge in [-0.1, -0.05) is 26.7 Å². The summed E-state index contributed by atoms with van der Waals surface area (Å²) in [6.45, 7) is 5.20. The van der Waals surface area contributed by atoms with Crippen molar-refractivity contribution < 1.29 is 14.6 Å². The maximum absolute atomic E-state index is 13.2. The smallest absolute Gasteiger partial charge is 0.244 e. The molecule has 2 aliphatic carbocycles. The van der Waals surface area contributed by atoms with E-state index in [1.807, 2.05) is 18.7 Å². The summed E-state index contributed by atoms with van der Waals surface area (Å²) in [5.41, 5.74) is 5.48. The summed E-state index contributed by atoms with van der Waals surface area (Å²) in [4.78, 5) is 15.1. The minimum atomic E-state index is -0.841. The minimum Gasteiger partial charge on any atom is -0.395 e. The third-order valence-corrected chi connectivity index (χ3v) is 6.18. The fourth-order valence-corrected chi connectivity index (χ4v) is 4.83. The van der Waals surface area contributed by atoms with E-state index in [0.717, 1.165) is 32.1 Å². The Morgan fingerprint density at radius 2 is 2.00 bits per heavy atom. The van der Waals surface area contributed by atoms with Gasteiger partial charge in [0.25, 0.3) is 0 Å². The monoisotopic (exact) mass is 296 g/mol. The molecule has 1 amide bonds. The lowest BCUT2D eigenvalue weighted by Gasteiger charge is -2.62. The van der Waals surface area contributed by atoms with Crippen molar-refractivity contribution in [3.63, 3.8) is 0 Å². The average molecular weight is 296 g/mol. The van der Waals surface area contributed by atoms with Gasteiger partial charge in [0.2, 0.25) is 5.91 Å². The molecular formula is C16H28N2O3. The van der Waals surface area contributed by atoms with Crippen molar-refractivity contribution >= 4 is 5.91 Å². The maximum atomic E-state index is 13.2. The number of aliphatic hydroxyl groups excluding tert-OH is 1. The van der Waals surface area contributed by atoms with Crippen molar-refractivity contribution in [2.75, 3.05) is 19.8 Å². The van der Waals surface area contributed by atoms with Crippen LogP contribution in [-0.2, 0) is 9.53 Å². The summed E-state index contributed by atoms with van der Waals surface area (Å²) in [6.07, 6.45) is 5.37. The topological polar surface area (TPSA) is 75.8 Å². The van der Waals surface area contributed by atoms with Crippen molar-refractivity contribution in [3.05, 3.63) is 0 Å². The highest BCUT2D eigenvalue weighted by Crippen LogP contribution is 2.58. The normalized spacial score (nSPS) is 38.1. The van der Waals surface area contributed by atoms with Gasteiger partial charge in [0, 0.05) is 30.5 Å². The number of ether oxygens (including phenoxy) is 1. The number of nitrogens with two attached hydrogens (primary N) is 1. The second kappa shape index (κ2) is 5.21. The molecule has 0 aromatic heterocycles. The molecule has 0 aromatic rings. The molecule has 0 bridgehead atoms. The lowest BCUT2D eigenvalue weighted by atomic mass is 9.47. The molecule has 0 radical (unpaired) electrons. The zero-order valence-electron chi connectivity index (χ0n) is 13.2. The first-order valence-electron chi connectivity index (χ1n) is 8.27. The summed E-state index contributed by atoms with van der Waals surface area (Å²) >= 11 is 0. The second-order valence-electron chi connectivity index (χ2n) is 7.44. The van der Waals surface area contributed by atoms with E-state index < -0.39 is 5.54 Å². The van der Waals surface area contributed by atoms with Crippen LogP contribution < -0.4 is 5.73 Å². The molecule has 120 valence electrons. The number of hydrogen-bond donors (Lipinski definition) is 2. The quantitative estimate of drug-likeness (QED) is 0.808. The fourth-order valence-electron chi connectivity index (χ4n) is 4.83. The van der Waals surface area contributed by atoms with E-state index in [9.17, 15) is 9.90 Å². The van der Waals surface area contributed by atoms with Crippen LogP contribution in [0.4, 0.5) is 0 Å². The Morgan fingerprint density at radius 1 is 1.33 bits per heavy atom. The maximum Gasteiger partial charge on any atom is 0.244 e. The van der Waals surface area contributed by atoms with Gasteiger partial charge in [-0.3, -0.25) is 4.79 Å². The van der Waals surface area contributed by atoms with Gasteiger partial charge in [-0.05, 0) is 19.3 Å². The van der Waals surface area contributed by atoms with Crippen molar-refractivity contribution in [1.82, 2.24) is 4.90 Å². The first-order valence-corrected chi connectivity index (χ1v) is 8.27. The Morgan fingerprint density at radius 3 is 2.62 bits per heavy atom. The Labute approximate surface area is 126 Å². The number of carbonyl (C=O) groups excluding carboxylic acids is 1. The van der Waals surface area contributed by atoms with Crippen LogP contribution in [0.25, 0.3) is 0 Å². The molecule has 3 unspecified atom stereocenters. The van der Waals surface area contributed by atoms with Gasteiger partial charge < -0.3 is 20.5 Å². The largest absolute Gasteiger partial charge is 0.395 e. The molecular weight excluding hydrogens is 268 g/mol. The number of carbonyl (C=O) groups is 1. The number of rotatable bonds is 4. The van der Waals surface area contributed by atoms with Gasteiger partial charge in [-0.15, -0.1) is 0 Å². The van der Waals surface area contributed by atoms with Crippen molar-refractivity contribution in [1.29, 1.82) is 0 Å². The standard InChI is InChI=1S/C16H28N2O3/c1-15(2)13-12(7-10-21-13)16(15,17)14(20)18(8-9-19)11-5-3-4-6-11/h11-13,19H,3-10,17H2,1-2H3. The Hall–Kier alpha value is -0.650. The van der Waals surface area contributed by atoms with Gasteiger partial charge in [0.05, 0.1) is 12.7 Å². The van der Waals surface area contributed by atoms with Gasteiger partial charge in [-0.2, -0.15) is 0 Å². The molecule has 3 N–H and O–H groups in total. The van der Waals surface area contributed by atoms with Crippen LogP contribution in [0.3, 0.4) is 0 Å². The molecule has 21 heavy (non-hydrogen) atoms. The number of fused-ring (bicyclic) bond motifs is 1. The molecule has 3 rings (SSSR count). The zero-order chi connectivity index (χ0) is 15.3. The van der Waals surface area contributed by atoms with E-state index in [0.29, 0.717) is 13.2 Å². The first-order chi connectivity index (χ1) is 9.94. The molecule has 1 aliphatic heterocycles. The molecule has 1 heterocycles. The molecule has 0 spiro atoms. The van der Waals surface area contributed by atoms with Crippen LogP contribution in [0.15, 0.2) is 0 Å². The number of amides is 1. The van der Waals surface area contributed by atoms with E-state index >= 15 is 0 Å². The summed E-state index contributed by atoms with van der Waals surface area (Å²) in [5, 5.41) is 9.36. The molecule has 5 heteroatoms. The number of aliphatic hydroxyl groups is 1. The summed E-state index contributed by atoms with van der Waals surface area (Å²) < 4.78 is 5.78. The van der Waals surface area contributed by atoms with Crippen LogP contribution in [0.2, 0.25) is 0 Å². The summed E-state index contributed by atoms with van der Waals surface area (Å²) in [5.74, 6) is 0.155. The third kappa shape index (κ3) is 1.97. The summed E-state index contributed by atoms with van der Waals surface area (Å²) in [6, 6.07) is 0.252.